The molecule has 0 amide bonds. The summed E-state index contributed by atoms with van der Waals surface area (Å²) in [5.41, 5.74) is 14.2. The smallest absolute Gasteiger partial charge is 0.358 e. The van der Waals surface area contributed by atoms with E-state index in [-0.39, 0.29) is 31.7 Å². The Bertz CT molecular complexity index is 693. The zero-order chi connectivity index (χ0) is 18.2. The van der Waals surface area contributed by atoms with Gasteiger partial charge in [0.25, 0.3) is 10.1 Å². The first-order valence-corrected chi connectivity index (χ1v) is 8.15. The van der Waals surface area contributed by atoms with Crippen LogP contribution in [0.4, 0.5) is 0 Å². The molecule has 0 unspecified atom stereocenters. The van der Waals surface area contributed by atoms with Crippen molar-refractivity contribution in [3.8, 4) is 0 Å². The highest BCUT2D eigenvalue weighted by Gasteiger charge is 2.24. The second kappa shape index (κ2) is 9.27. The van der Waals surface area contributed by atoms with E-state index in [0.717, 1.165) is 18.2 Å². The van der Waals surface area contributed by atoms with Gasteiger partial charge in [-0.15, -0.1) is 0 Å². The first-order valence-electron chi connectivity index (χ1n) is 6.71. The van der Waals surface area contributed by atoms with Crippen molar-refractivity contribution in [1.82, 2.24) is 11.0 Å². The van der Waals surface area contributed by atoms with Crippen LogP contribution in [0.25, 0.3) is 0 Å². The highest BCUT2D eigenvalue weighted by molar-refractivity contribution is 7.86. The fraction of sp³-hybridized carbons (Fsp3) is 0.333. The van der Waals surface area contributed by atoms with Crippen molar-refractivity contribution in [2.75, 3.05) is 26.2 Å². The van der Waals surface area contributed by atoms with Crippen molar-refractivity contribution in [3.05, 3.63) is 29.3 Å². The number of carbonyl (C=O) groups excluding carboxylic acids is 2. The van der Waals surface area contributed by atoms with E-state index in [1.165, 1.54) is 0 Å². The van der Waals surface area contributed by atoms with Crippen molar-refractivity contribution in [1.29, 1.82) is 0 Å². The Balaban J connectivity index is 3.06. The number of nitrogens with two attached hydrogens (primary N) is 2. The van der Waals surface area contributed by atoms with E-state index in [1.807, 2.05) is 0 Å². The molecule has 7 N–H and O–H groups in total. The van der Waals surface area contributed by atoms with E-state index in [4.69, 9.17) is 11.5 Å². The van der Waals surface area contributed by atoms with Gasteiger partial charge in [-0.2, -0.15) is 19.4 Å². The van der Waals surface area contributed by atoms with Crippen LogP contribution >= 0.6 is 0 Å². The molecule has 24 heavy (non-hydrogen) atoms. The maximum atomic E-state index is 11.8. The van der Waals surface area contributed by atoms with E-state index in [9.17, 15) is 22.6 Å². The van der Waals surface area contributed by atoms with E-state index in [1.54, 1.807) is 0 Å². The molecule has 1 aromatic rings. The fourth-order valence-electron chi connectivity index (χ4n) is 1.50. The number of hydroxylamine groups is 2. The molecule has 12 heteroatoms. The molecule has 0 aliphatic rings. The van der Waals surface area contributed by atoms with Gasteiger partial charge in [-0.3, -0.25) is 4.55 Å². The molecule has 0 aliphatic heterocycles. The average molecular weight is 362 g/mol. The summed E-state index contributed by atoms with van der Waals surface area (Å²) in [6, 6.07) is 2.94. The summed E-state index contributed by atoms with van der Waals surface area (Å²) in [6.07, 6.45) is 0. The highest BCUT2D eigenvalue weighted by atomic mass is 32.2. The lowest BCUT2D eigenvalue weighted by molar-refractivity contribution is 0.0244. The molecule has 0 aromatic heterocycles. The Kier molecular flexibility index (Phi) is 7.70. The van der Waals surface area contributed by atoms with E-state index in [0.29, 0.717) is 0 Å². The van der Waals surface area contributed by atoms with Crippen LogP contribution in [0.1, 0.15) is 20.7 Å². The monoisotopic (exact) mass is 362 g/mol. The predicted molar refractivity (Wildman–Crippen MR) is 81.2 cm³/mol. The summed E-state index contributed by atoms with van der Waals surface area (Å²) in [5, 5.41) is 0. The maximum Gasteiger partial charge on any atom is 0.358 e. The zero-order valence-corrected chi connectivity index (χ0v) is 13.3. The van der Waals surface area contributed by atoms with Crippen LogP contribution in [-0.2, 0) is 19.8 Å². The Morgan fingerprint density at radius 3 is 2.08 bits per heavy atom. The average Bonchev–Trinajstić information content (AvgIpc) is 2.53. The number of hydrogen-bond acceptors (Lipinski definition) is 10. The normalized spacial score (nSPS) is 11.1. The highest BCUT2D eigenvalue weighted by Crippen LogP contribution is 2.19. The molecule has 0 fully saturated rings. The third kappa shape index (κ3) is 5.84. The predicted octanol–water partition coefficient (Wildman–Crippen LogP) is -1.83. The lowest BCUT2D eigenvalue weighted by Crippen LogP contribution is -2.27. The van der Waals surface area contributed by atoms with Gasteiger partial charge in [0.1, 0.15) is 4.90 Å². The molecule has 0 spiro atoms. The number of rotatable bonds is 9. The molecule has 0 heterocycles. The van der Waals surface area contributed by atoms with Gasteiger partial charge in [0.2, 0.25) is 0 Å². The molecule has 1 rings (SSSR count). The van der Waals surface area contributed by atoms with Crippen molar-refractivity contribution in [2.24, 2.45) is 11.5 Å². The number of benzene rings is 1. The molecule has 0 aliphatic carbocycles. The minimum Gasteiger partial charge on any atom is -0.367 e. The summed E-state index contributed by atoms with van der Waals surface area (Å²) in [6.45, 7) is 0.724. The molecule has 0 radical (unpaired) electrons. The van der Waals surface area contributed by atoms with Crippen molar-refractivity contribution in [2.45, 2.75) is 4.90 Å². The summed E-state index contributed by atoms with van der Waals surface area (Å²) >= 11 is 0. The first kappa shape index (κ1) is 20.0. The number of hydrogen-bond donors (Lipinski definition) is 5. The molecule has 11 nitrogen and oxygen atoms in total. The number of carbonyl (C=O) groups is 2. The molecule has 0 atom stereocenters. The van der Waals surface area contributed by atoms with Crippen molar-refractivity contribution >= 4 is 22.1 Å². The molecule has 0 saturated carbocycles. The molecule has 0 bridgehead atoms. The number of nitrogens with one attached hydrogen (secondary N) is 2. The topological polar surface area (TPSA) is 183 Å². The van der Waals surface area contributed by atoms with Gasteiger partial charge in [-0.05, 0) is 18.2 Å². The summed E-state index contributed by atoms with van der Waals surface area (Å²) in [5.74, 6) is -1.99. The van der Waals surface area contributed by atoms with Crippen LogP contribution in [0.2, 0.25) is 0 Å². The molecular formula is C12H18N4O7S. The fourth-order valence-corrected chi connectivity index (χ4v) is 2.20. The third-order valence-electron chi connectivity index (χ3n) is 2.54. The van der Waals surface area contributed by atoms with Crippen molar-refractivity contribution in [3.63, 3.8) is 0 Å². The second-order valence-electron chi connectivity index (χ2n) is 4.33. The van der Waals surface area contributed by atoms with E-state index in [2.05, 4.69) is 20.6 Å². The molecule has 1 aromatic carbocycles. The lowest BCUT2D eigenvalue weighted by atomic mass is 10.1. The molecular weight excluding hydrogens is 344 g/mol. The Labute approximate surface area is 137 Å². The van der Waals surface area contributed by atoms with Crippen LogP contribution in [0.3, 0.4) is 0 Å². The van der Waals surface area contributed by atoms with Gasteiger partial charge in [0.05, 0.1) is 11.1 Å². The Morgan fingerprint density at radius 2 is 1.58 bits per heavy atom. The molecule has 134 valence electrons. The van der Waals surface area contributed by atoms with E-state index >= 15 is 0 Å². The summed E-state index contributed by atoms with van der Waals surface area (Å²) in [7, 11) is -4.79. The van der Waals surface area contributed by atoms with Crippen LogP contribution < -0.4 is 22.4 Å². The van der Waals surface area contributed by atoms with Crippen molar-refractivity contribution < 1.29 is 32.2 Å². The Hall–Kier alpha value is -2.09. The molecule has 0 saturated heterocycles. The summed E-state index contributed by atoms with van der Waals surface area (Å²) < 4.78 is 32.1. The van der Waals surface area contributed by atoms with Gasteiger partial charge in [-0.1, -0.05) is 0 Å². The summed E-state index contributed by atoms with van der Waals surface area (Å²) in [4.78, 5) is 32.0. The van der Waals surface area contributed by atoms with Gasteiger partial charge in [-0.25, -0.2) is 9.59 Å². The SMILES string of the molecule is NCCNOC(=O)c1ccc(C(=O)ONCCN)c(S(=O)(=O)O)c1. The van der Waals surface area contributed by atoms with Gasteiger partial charge in [0, 0.05) is 26.2 Å². The minimum absolute atomic E-state index is 0.143. The van der Waals surface area contributed by atoms with Gasteiger partial charge < -0.3 is 21.1 Å². The maximum absolute atomic E-state index is 11.8. The quantitative estimate of drug-likeness (QED) is 0.189. The lowest BCUT2D eigenvalue weighted by Gasteiger charge is -2.10. The standard InChI is InChI=1S/C12H18N4O7S/c13-3-5-15-22-11(17)8-1-2-9(10(7-8)24(19,20)21)12(18)23-16-6-4-14/h1-2,7,15-16H,3-6,13-14H2,(H,19,20,21). The minimum atomic E-state index is -4.79. The second-order valence-corrected chi connectivity index (χ2v) is 5.72. The largest absolute Gasteiger partial charge is 0.367 e. The van der Waals surface area contributed by atoms with E-state index < -0.39 is 32.5 Å². The van der Waals surface area contributed by atoms with Crippen LogP contribution in [-0.4, -0.2) is 51.1 Å². The van der Waals surface area contributed by atoms with Crippen LogP contribution in [0.5, 0.6) is 0 Å². The van der Waals surface area contributed by atoms with Gasteiger partial charge in [0.15, 0.2) is 0 Å². The van der Waals surface area contributed by atoms with Crippen LogP contribution in [0, 0.1) is 0 Å². The first-order chi connectivity index (χ1) is 11.3. The van der Waals surface area contributed by atoms with Crippen LogP contribution in [0.15, 0.2) is 23.1 Å². The third-order valence-corrected chi connectivity index (χ3v) is 3.43. The Morgan fingerprint density at radius 1 is 1.04 bits per heavy atom. The van der Waals surface area contributed by atoms with Gasteiger partial charge >= 0.3 is 11.9 Å². The zero-order valence-electron chi connectivity index (χ0n) is 12.5.